The molecule has 14 heteroatoms. The second kappa shape index (κ2) is 12.0. The number of halogens is 4. The number of carboxylic acids is 1. The topological polar surface area (TPSA) is 150 Å². The van der Waals surface area contributed by atoms with Crippen molar-refractivity contribution < 1.29 is 37.1 Å². The first kappa shape index (κ1) is 29.2. The Morgan fingerprint density at radius 3 is 2.18 bits per heavy atom. The molecule has 208 valence electrons. The molecule has 1 atom stereocenters. The molecule has 0 aliphatic carbocycles. The predicted octanol–water partition coefficient (Wildman–Crippen LogP) is 1.92. The van der Waals surface area contributed by atoms with Crippen molar-refractivity contribution in [2.75, 3.05) is 26.2 Å². The van der Waals surface area contributed by atoms with Gasteiger partial charge in [-0.3, -0.25) is 14.4 Å². The Kier molecular flexibility index (Phi) is 9.01. The number of benzene rings is 2. The summed E-state index contributed by atoms with van der Waals surface area (Å²) >= 11 is 0. The normalized spacial score (nSPS) is 14.4. The third kappa shape index (κ3) is 7.16. The van der Waals surface area contributed by atoms with Crippen molar-refractivity contribution in [2.45, 2.75) is 25.6 Å². The van der Waals surface area contributed by atoms with E-state index in [2.05, 4.69) is 10.2 Å². The van der Waals surface area contributed by atoms with Gasteiger partial charge in [-0.15, -0.1) is 0 Å². The van der Waals surface area contributed by atoms with E-state index in [-0.39, 0.29) is 17.0 Å². The van der Waals surface area contributed by atoms with Crippen LogP contribution >= 0.6 is 0 Å². The number of carboxylic acid groups (broad SMARTS) is 1. The molecule has 1 aliphatic heterocycles. The van der Waals surface area contributed by atoms with Gasteiger partial charge in [0.25, 0.3) is 11.5 Å². The zero-order valence-electron chi connectivity index (χ0n) is 20.7. The third-order valence-electron chi connectivity index (χ3n) is 5.92. The smallest absolute Gasteiger partial charge is 0.475 e. The number of piperazine rings is 1. The number of H-pyrrole nitrogens is 1. The zero-order valence-corrected chi connectivity index (χ0v) is 20.7. The molecule has 0 unspecified atom stereocenters. The minimum absolute atomic E-state index is 0.0248. The maximum absolute atomic E-state index is 14.5. The molecule has 4 N–H and O–H groups in total. The lowest BCUT2D eigenvalue weighted by molar-refractivity contribution is -0.192. The molecule has 4 rings (SSSR count). The van der Waals surface area contributed by atoms with Crippen LogP contribution in [0, 0.1) is 5.82 Å². The fraction of sp³-hybridized carbons (Fsp3) is 0.320. The molecule has 2 amide bonds. The maximum Gasteiger partial charge on any atom is 0.490 e. The summed E-state index contributed by atoms with van der Waals surface area (Å²) in [6.07, 6.45) is -4.76. The van der Waals surface area contributed by atoms with E-state index in [4.69, 9.17) is 15.6 Å². The molecule has 39 heavy (non-hydrogen) atoms. The highest BCUT2D eigenvalue weighted by Crippen LogP contribution is 2.20. The Morgan fingerprint density at radius 2 is 1.62 bits per heavy atom. The molecule has 1 aliphatic rings. The van der Waals surface area contributed by atoms with E-state index >= 15 is 0 Å². The van der Waals surface area contributed by atoms with Gasteiger partial charge in [-0.25, -0.2) is 14.3 Å². The minimum Gasteiger partial charge on any atom is -0.475 e. The summed E-state index contributed by atoms with van der Waals surface area (Å²) in [6.45, 7) is 2.97. The molecular formula is C25H25F4N5O5. The van der Waals surface area contributed by atoms with Gasteiger partial charge in [0.2, 0.25) is 5.91 Å². The monoisotopic (exact) mass is 551 g/mol. The molecule has 1 saturated heterocycles. The van der Waals surface area contributed by atoms with Gasteiger partial charge in [-0.05, 0) is 30.7 Å². The highest BCUT2D eigenvalue weighted by Gasteiger charge is 2.38. The number of amides is 2. The van der Waals surface area contributed by atoms with Crippen molar-refractivity contribution in [3.63, 3.8) is 0 Å². The third-order valence-corrected chi connectivity index (χ3v) is 5.92. The van der Waals surface area contributed by atoms with Crippen LogP contribution in [0.15, 0.2) is 47.3 Å². The number of aliphatic carboxylic acids is 1. The molecule has 1 aromatic heterocycles. The molecule has 0 bridgehead atoms. The molecule has 2 aromatic carbocycles. The first-order valence-corrected chi connectivity index (χ1v) is 11.7. The summed E-state index contributed by atoms with van der Waals surface area (Å²) in [4.78, 5) is 49.1. The van der Waals surface area contributed by atoms with E-state index < -0.39 is 29.9 Å². The number of aromatic amines is 1. The fourth-order valence-corrected chi connectivity index (χ4v) is 3.93. The highest BCUT2D eigenvalue weighted by atomic mass is 19.4. The van der Waals surface area contributed by atoms with Gasteiger partial charge in [0, 0.05) is 38.0 Å². The van der Waals surface area contributed by atoms with Crippen LogP contribution in [0.4, 0.5) is 17.6 Å². The summed E-state index contributed by atoms with van der Waals surface area (Å²) in [7, 11) is 0. The van der Waals surface area contributed by atoms with Crippen LogP contribution in [0.3, 0.4) is 0 Å². The zero-order chi connectivity index (χ0) is 28.9. The Balaban J connectivity index is 0.000000532. The van der Waals surface area contributed by atoms with Crippen LogP contribution in [-0.4, -0.2) is 81.3 Å². The summed E-state index contributed by atoms with van der Waals surface area (Å²) in [5.74, 6) is -3.94. The number of nitrogens with two attached hydrogens (primary N) is 1. The number of carbonyl (C=O) groups is 3. The standard InChI is InChI=1S/C23H24FN5O3.C2HF3O2/c1-14(25)22(31)28-8-10-29(11-9-28)23(32)18-12-15(6-7-19(18)24)13-20-16-4-2-3-5-17(16)21(30)27-26-20;3-2(4,5)1(6)7/h2-7,12,14H,8-11,13,25H2,1H3,(H,27,30);(H,6,7)/t14-;/m0./s1. The van der Waals surface area contributed by atoms with E-state index in [1.807, 2.05) is 12.1 Å². The number of nitrogens with zero attached hydrogens (tertiary/aromatic N) is 3. The lowest BCUT2D eigenvalue weighted by Crippen LogP contribution is -2.53. The van der Waals surface area contributed by atoms with Crippen LogP contribution in [0.25, 0.3) is 10.8 Å². The number of carbonyl (C=O) groups excluding carboxylic acids is 2. The van der Waals surface area contributed by atoms with E-state index in [0.29, 0.717) is 54.6 Å². The molecule has 0 spiro atoms. The van der Waals surface area contributed by atoms with E-state index in [1.54, 1.807) is 34.9 Å². The average molecular weight is 551 g/mol. The van der Waals surface area contributed by atoms with Gasteiger partial charge in [0.1, 0.15) is 5.82 Å². The molecule has 10 nitrogen and oxygen atoms in total. The van der Waals surface area contributed by atoms with Gasteiger partial charge >= 0.3 is 12.1 Å². The van der Waals surface area contributed by atoms with Crippen molar-refractivity contribution >= 4 is 28.6 Å². The quantitative estimate of drug-likeness (QED) is 0.420. The molecule has 2 heterocycles. The average Bonchev–Trinajstić information content (AvgIpc) is 2.90. The Hall–Kier alpha value is -4.33. The number of fused-ring (bicyclic) bond motifs is 1. The van der Waals surface area contributed by atoms with Crippen molar-refractivity contribution in [1.82, 2.24) is 20.0 Å². The molecule has 0 radical (unpaired) electrons. The maximum atomic E-state index is 14.5. The first-order chi connectivity index (χ1) is 18.3. The second-order valence-corrected chi connectivity index (χ2v) is 8.75. The van der Waals surface area contributed by atoms with E-state index in [1.165, 1.54) is 12.1 Å². The minimum atomic E-state index is -5.08. The van der Waals surface area contributed by atoms with Gasteiger partial charge in [0.15, 0.2) is 0 Å². The van der Waals surface area contributed by atoms with Crippen LogP contribution in [0.1, 0.15) is 28.5 Å². The number of alkyl halides is 3. The Morgan fingerprint density at radius 1 is 1.05 bits per heavy atom. The SMILES string of the molecule is C[C@H](N)C(=O)N1CCN(C(=O)c2cc(Cc3n[nH]c(=O)c4ccccc34)ccc2F)CC1.O=C(O)C(F)(F)F. The fourth-order valence-electron chi connectivity index (χ4n) is 3.93. The summed E-state index contributed by atoms with van der Waals surface area (Å²) < 4.78 is 46.3. The largest absolute Gasteiger partial charge is 0.490 e. The van der Waals surface area contributed by atoms with Gasteiger partial charge in [-0.2, -0.15) is 18.3 Å². The highest BCUT2D eigenvalue weighted by molar-refractivity contribution is 5.95. The van der Waals surface area contributed by atoms with Crippen LogP contribution in [-0.2, 0) is 16.0 Å². The number of rotatable bonds is 4. The van der Waals surface area contributed by atoms with Crippen molar-refractivity contribution in [2.24, 2.45) is 5.73 Å². The van der Waals surface area contributed by atoms with Crippen LogP contribution in [0.5, 0.6) is 0 Å². The first-order valence-electron chi connectivity index (χ1n) is 11.7. The van der Waals surface area contributed by atoms with Gasteiger partial charge < -0.3 is 20.6 Å². The number of aromatic nitrogens is 2. The van der Waals surface area contributed by atoms with Gasteiger partial charge in [0.05, 0.1) is 22.7 Å². The lowest BCUT2D eigenvalue weighted by Gasteiger charge is -2.35. The summed E-state index contributed by atoms with van der Waals surface area (Å²) in [5, 5.41) is 15.0. The van der Waals surface area contributed by atoms with Crippen molar-refractivity contribution in [3.05, 3.63) is 75.5 Å². The molecule has 3 aromatic rings. The summed E-state index contributed by atoms with van der Waals surface area (Å²) in [5.41, 5.74) is 6.68. The molecule has 1 fully saturated rings. The molecular weight excluding hydrogens is 526 g/mol. The van der Waals surface area contributed by atoms with Crippen molar-refractivity contribution in [3.8, 4) is 0 Å². The van der Waals surface area contributed by atoms with E-state index in [0.717, 1.165) is 0 Å². The van der Waals surface area contributed by atoms with Crippen molar-refractivity contribution in [1.29, 1.82) is 0 Å². The number of hydrogen-bond donors (Lipinski definition) is 3. The lowest BCUT2D eigenvalue weighted by atomic mass is 10.0. The van der Waals surface area contributed by atoms with Crippen LogP contribution in [0.2, 0.25) is 0 Å². The van der Waals surface area contributed by atoms with Crippen LogP contribution < -0.4 is 11.3 Å². The Labute approximate surface area is 219 Å². The number of hydrogen-bond acceptors (Lipinski definition) is 6. The molecule has 0 saturated carbocycles. The number of nitrogens with one attached hydrogen (secondary N) is 1. The van der Waals surface area contributed by atoms with E-state index in [9.17, 15) is 31.9 Å². The second-order valence-electron chi connectivity index (χ2n) is 8.75. The van der Waals surface area contributed by atoms with Gasteiger partial charge in [-0.1, -0.05) is 24.3 Å². The summed E-state index contributed by atoms with van der Waals surface area (Å²) in [6, 6.07) is 10.9. The predicted molar refractivity (Wildman–Crippen MR) is 131 cm³/mol. The Bertz CT molecular complexity index is 1430.